The van der Waals surface area contributed by atoms with Gasteiger partial charge in [-0.1, -0.05) is 30.3 Å². The average molecular weight is 474 g/mol. The third-order valence-electron chi connectivity index (χ3n) is 6.66. The van der Waals surface area contributed by atoms with Gasteiger partial charge in [0.05, 0.1) is 7.11 Å². The molecule has 3 aromatic rings. The van der Waals surface area contributed by atoms with Gasteiger partial charge in [0.15, 0.2) is 0 Å². The second kappa shape index (κ2) is 10.1. The molecule has 1 aromatic heterocycles. The molecule has 1 N–H and O–H groups in total. The van der Waals surface area contributed by atoms with Crippen LogP contribution in [0.2, 0.25) is 0 Å². The van der Waals surface area contributed by atoms with Crippen LogP contribution in [-0.4, -0.2) is 60.2 Å². The molecule has 1 aliphatic rings. The number of rotatable bonds is 7. The van der Waals surface area contributed by atoms with E-state index in [9.17, 15) is 18.0 Å². The van der Waals surface area contributed by atoms with Gasteiger partial charge >= 0.3 is 6.18 Å². The van der Waals surface area contributed by atoms with Crippen LogP contribution in [0.3, 0.4) is 0 Å². The highest BCUT2D eigenvalue weighted by Gasteiger charge is 2.45. The van der Waals surface area contributed by atoms with E-state index in [0.717, 1.165) is 10.9 Å². The Labute approximate surface area is 197 Å². The standard InChI is InChI=1S/C26H30F3N3O2/c1-3-31(25(33)23-16-20-6-4-5-7-22(20)30-23)17-18-12-14-32(15-13-18)24(26(27,28)29)19-8-10-21(34-2)11-9-19/h4-11,16,18,24,30H,3,12-15,17H2,1-2H3. The Kier molecular flexibility index (Phi) is 7.16. The van der Waals surface area contributed by atoms with Gasteiger partial charge < -0.3 is 14.6 Å². The Morgan fingerprint density at radius 2 is 1.82 bits per heavy atom. The molecule has 8 heteroatoms. The number of amides is 1. The van der Waals surface area contributed by atoms with Crippen molar-refractivity contribution in [1.29, 1.82) is 0 Å². The van der Waals surface area contributed by atoms with Crippen molar-refractivity contribution < 1.29 is 22.7 Å². The van der Waals surface area contributed by atoms with E-state index < -0.39 is 12.2 Å². The fourth-order valence-electron chi connectivity index (χ4n) is 4.81. The number of nitrogens with one attached hydrogen (secondary N) is 1. The third-order valence-corrected chi connectivity index (χ3v) is 6.66. The molecule has 5 nitrogen and oxygen atoms in total. The number of piperidine rings is 1. The molecule has 4 rings (SSSR count). The minimum atomic E-state index is -4.37. The Balaban J connectivity index is 1.40. The number of aromatic nitrogens is 1. The van der Waals surface area contributed by atoms with E-state index in [1.807, 2.05) is 37.3 Å². The summed E-state index contributed by atoms with van der Waals surface area (Å²) in [6, 6.07) is 14.0. The summed E-state index contributed by atoms with van der Waals surface area (Å²) in [6.45, 7) is 3.68. The predicted octanol–water partition coefficient (Wildman–Crippen LogP) is 5.65. The molecule has 1 unspecified atom stereocenters. The van der Waals surface area contributed by atoms with Gasteiger partial charge in [0.2, 0.25) is 0 Å². The van der Waals surface area contributed by atoms with Crippen LogP contribution >= 0.6 is 0 Å². The molecule has 2 aromatic carbocycles. The van der Waals surface area contributed by atoms with Gasteiger partial charge in [-0.3, -0.25) is 9.69 Å². The number of fused-ring (bicyclic) bond motifs is 1. The molecule has 0 radical (unpaired) electrons. The molecule has 182 valence electrons. The van der Waals surface area contributed by atoms with Crippen molar-refractivity contribution in [3.63, 3.8) is 0 Å². The molecular formula is C26H30F3N3O2. The number of hydrogen-bond donors (Lipinski definition) is 1. The number of nitrogens with zero attached hydrogens (tertiary/aromatic N) is 2. The Morgan fingerprint density at radius 3 is 2.41 bits per heavy atom. The van der Waals surface area contributed by atoms with Gasteiger partial charge in [0.25, 0.3) is 5.91 Å². The summed E-state index contributed by atoms with van der Waals surface area (Å²) in [4.78, 5) is 19.6. The molecule has 34 heavy (non-hydrogen) atoms. The van der Waals surface area contributed by atoms with Gasteiger partial charge in [0.1, 0.15) is 17.5 Å². The van der Waals surface area contributed by atoms with E-state index in [0.29, 0.717) is 50.5 Å². The normalized spacial score (nSPS) is 16.5. The highest BCUT2D eigenvalue weighted by atomic mass is 19.4. The lowest BCUT2D eigenvalue weighted by molar-refractivity contribution is -0.190. The van der Waals surface area contributed by atoms with Crippen molar-refractivity contribution >= 4 is 16.8 Å². The van der Waals surface area contributed by atoms with Crippen LogP contribution in [0.25, 0.3) is 10.9 Å². The summed E-state index contributed by atoms with van der Waals surface area (Å²) in [5.74, 6) is 0.615. The van der Waals surface area contributed by atoms with E-state index in [1.54, 1.807) is 17.0 Å². The lowest BCUT2D eigenvalue weighted by Crippen LogP contribution is -2.45. The summed E-state index contributed by atoms with van der Waals surface area (Å²) >= 11 is 0. The van der Waals surface area contributed by atoms with Crippen LogP contribution < -0.4 is 4.74 Å². The quantitative estimate of drug-likeness (QED) is 0.482. The van der Waals surface area contributed by atoms with Crippen LogP contribution in [0, 0.1) is 5.92 Å². The predicted molar refractivity (Wildman–Crippen MR) is 126 cm³/mol. The number of benzene rings is 2. The van der Waals surface area contributed by atoms with Crippen LogP contribution in [0.15, 0.2) is 54.6 Å². The monoisotopic (exact) mass is 473 g/mol. The number of para-hydroxylation sites is 1. The molecule has 0 saturated carbocycles. The van der Waals surface area contributed by atoms with Crippen molar-refractivity contribution in [2.24, 2.45) is 5.92 Å². The van der Waals surface area contributed by atoms with Gasteiger partial charge in [-0.25, -0.2) is 0 Å². The highest BCUT2D eigenvalue weighted by molar-refractivity contribution is 5.98. The van der Waals surface area contributed by atoms with Gasteiger partial charge in [-0.2, -0.15) is 13.2 Å². The van der Waals surface area contributed by atoms with Gasteiger partial charge in [-0.05, 0) is 68.6 Å². The number of halogens is 3. The zero-order valence-electron chi connectivity index (χ0n) is 19.4. The molecule has 0 bridgehead atoms. The van der Waals surface area contributed by atoms with Crippen LogP contribution in [0.5, 0.6) is 5.75 Å². The number of alkyl halides is 3. The third kappa shape index (κ3) is 5.22. The fraction of sp³-hybridized carbons (Fsp3) is 0.423. The number of H-pyrrole nitrogens is 1. The van der Waals surface area contributed by atoms with E-state index in [-0.39, 0.29) is 17.4 Å². The minimum absolute atomic E-state index is 0.0764. The number of hydrogen-bond acceptors (Lipinski definition) is 3. The summed E-state index contributed by atoms with van der Waals surface area (Å²) < 4.78 is 47.0. The first-order valence-corrected chi connectivity index (χ1v) is 11.6. The first kappa shape index (κ1) is 24.1. The molecule has 1 amide bonds. The van der Waals surface area contributed by atoms with Crippen LogP contribution in [-0.2, 0) is 0 Å². The van der Waals surface area contributed by atoms with Crippen molar-refractivity contribution in [2.45, 2.75) is 32.0 Å². The molecule has 1 fully saturated rings. The van der Waals surface area contributed by atoms with Gasteiger partial charge in [-0.15, -0.1) is 0 Å². The molecule has 1 aliphatic heterocycles. The van der Waals surface area contributed by atoms with Crippen molar-refractivity contribution in [3.05, 3.63) is 65.9 Å². The lowest BCUT2D eigenvalue weighted by atomic mass is 9.93. The van der Waals surface area contributed by atoms with Gasteiger partial charge in [0, 0.05) is 24.0 Å². The Bertz CT molecular complexity index is 1070. The van der Waals surface area contributed by atoms with Crippen LogP contribution in [0.1, 0.15) is 41.9 Å². The first-order chi connectivity index (χ1) is 16.3. The summed E-state index contributed by atoms with van der Waals surface area (Å²) in [6.07, 6.45) is -3.15. The average Bonchev–Trinajstić information content (AvgIpc) is 3.27. The van der Waals surface area contributed by atoms with E-state index in [1.165, 1.54) is 24.1 Å². The largest absolute Gasteiger partial charge is 0.497 e. The highest BCUT2D eigenvalue weighted by Crippen LogP contribution is 2.40. The van der Waals surface area contributed by atoms with E-state index in [4.69, 9.17) is 4.74 Å². The topological polar surface area (TPSA) is 48.6 Å². The lowest BCUT2D eigenvalue weighted by Gasteiger charge is -2.39. The molecule has 1 saturated heterocycles. The molecule has 2 heterocycles. The van der Waals surface area contributed by atoms with Crippen molar-refractivity contribution in [1.82, 2.24) is 14.8 Å². The first-order valence-electron chi connectivity index (χ1n) is 11.6. The summed E-state index contributed by atoms with van der Waals surface area (Å²) in [7, 11) is 1.49. The summed E-state index contributed by atoms with van der Waals surface area (Å²) in [5, 5.41) is 0.979. The van der Waals surface area contributed by atoms with Crippen molar-refractivity contribution in [3.8, 4) is 5.75 Å². The number of methoxy groups -OCH3 is 1. The van der Waals surface area contributed by atoms with Crippen LogP contribution in [0.4, 0.5) is 13.2 Å². The molecular weight excluding hydrogens is 443 g/mol. The number of carbonyl (C=O) groups is 1. The maximum absolute atomic E-state index is 14.0. The maximum Gasteiger partial charge on any atom is 0.408 e. The minimum Gasteiger partial charge on any atom is -0.497 e. The maximum atomic E-state index is 14.0. The number of likely N-dealkylation sites (tertiary alicyclic amines) is 1. The second-order valence-electron chi connectivity index (χ2n) is 8.81. The zero-order valence-corrected chi connectivity index (χ0v) is 19.4. The molecule has 0 aliphatic carbocycles. The number of ether oxygens (including phenoxy) is 1. The number of carbonyl (C=O) groups excluding carboxylic acids is 1. The smallest absolute Gasteiger partial charge is 0.408 e. The summed E-state index contributed by atoms with van der Waals surface area (Å²) in [5.41, 5.74) is 1.67. The second-order valence-corrected chi connectivity index (χ2v) is 8.81. The number of aromatic amines is 1. The van der Waals surface area contributed by atoms with E-state index >= 15 is 0 Å². The molecule has 0 spiro atoms. The SMILES string of the molecule is CCN(CC1CCN(C(c2ccc(OC)cc2)C(F)(F)F)CC1)C(=O)c1cc2ccccc2[nH]1. The van der Waals surface area contributed by atoms with Crippen molar-refractivity contribution in [2.75, 3.05) is 33.3 Å². The van der Waals surface area contributed by atoms with E-state index in [2.05, 4.69) is 4.98 Å². The Morgan fingerprint density at radius 1 is 1.15 bits per heavy atom. The Hall–Kier alpha value is -3.00. The fourth-order valence-corrected chi connectivity index (χ4v) is 4.81. The molecule has 1 atom stereocenters. The zero-order chi connectivity index (χ0) is 24.3.